The van der Waals surface area contributed by atoms with Crippen LogP contribution >= 0.6 is 23.5 Å². The molecule has 23 heavy (non-hydrogen) atoms. The molecule has 2 aromatic carbocycles. The summed E-state index contributed by atoms with van der Waals surface area (Å²) in [6.45, 7) is 2.16. The number of allylic oxidation sites excluding steroid dienone is 1. The van der Waals surface area contributed by atoms with Gasteiger partial charge in [-0.25, -0.2) is 0 Å². The Hall–Kier alpha value is -1.16. The Morgan fingerprint density at radius 2 is 1.43 bits per heavy atom. The standard InChI is InChI=1S/C20H22OS2/c1-19(20(21)15-9-4-10-16-20,22-17-11-5-2-6-12-17)23-18-13-7-3-8-14-18/h2-3,5-9,11-15,21H,4,10,16H2,1H3. The second-order valence-corrected chi connectivity index (χ2v) is 9.24. The van der Waals surface area contributed by atoms with Crippen LogP contribution in [0.15, 0.2) is 82.6 Å². The highest BCUT2D eigenvalue weighted by atomic mass is 32.2. The minimum atomic E-state index is -0.813. The molecule has 1 aliphatic carbocycles. The lowest BCUT2D eigenvalue weighted by Crippen LogP contribution is -2.46. The Balaban J connectivity index is 1.95. The van der Waals surface area contributed by atoms with Crippen LogP contribution in [0.1, 0.15) is 26.2 Å². The predicted octanol–water partition coefficient (Wildman–Crippen LogP) is 5.76. The maximum atomic E-state index is 11.4. The molecule has 0 spiro atoms. The summed E-state index contributed by atoms with van der Waals surface area (Å²) in [4.78, 5) is 2.37. The molecule has 0 saturated heterocycles. The van der Waals surface area contributed by atoms with Gasteiger partial charge < -0.3 is 5.11 Å². The van der Waals surface area contributed by atoms with Crippen LogP contribution < -0.4 is 0 Å². The van der Waals surface area contributed by atoms with Crippen molar-refractivity contribution in [2.24, 2.45) is 0 Å². The van der Waals surface area contributed by atoms with Crippen LogP contribution in [0, 0.1) is 0 Å². The summed E-state index contributed by atoms with van der Waals surface area (Å²) in [5.74, 6) is 0. The summed E-state index contributed by atoms with van der Waals surface area (Å²) in [5.41, 5.74) is -0.813. The molecule has 0 radical (unpaired) electrons. The van der Waals surface area contributed by atoms with E-state index >= 15 is 0 Å². The Morgan fingerprint density at radius 3 is 1.87 bits per heavy atom. The topological polar surface area (TPSA) is 20.2 Å². The summed E-state index contributed by atoms with van der Waals surface area (Å²) in [5, 5.41) is 11.4. The summed E-state index contributed by atoms with van der Waals surface area (Å²) in [7, 11) is 0. The molecule has 0 heterocycles. The molecule has 2 aromatic rings. The van der Waals surface area contributed by atoms with E-state index in [4.69, 9.17) is 0 Å². The highest BCUT2D eigenvalue weighted by Crippen LogP contribution is 2.54. The van der Waals surface area contributed by atoms with Gasteiger partial charge in [-0.2, -0.15) is 0 Å². The molecule has 1 unspecified atom stereocenters. The maximum absolute atomic E-state index is 11.4. The Kier molecular flexibility index (Phi) is 5.20. The van der Waals surface area contributed by atoms with Gasteiger partial charge in [-0.15, -0.1) is 23.5 Å². The van der Waals surface area contributed by atoms with Gasteiger partial charge in [0.25, 0.3) is 0 Å². The molecule has 0 bridgehead atoms. The van der Waals surface area contributed by atoms with E-state index < -0.39 is 5.60 Å². The van der Waals surface area contributed by atoms with Crippen LogP contribution in [0.25, 0.3) is 0 Å². The molecular weight excluding hydrogens is 320 g/mol. The molecule has 0 fully saturated rings. The van der Waals surface area contributed by atoms with E-state index in [1.807, 2.05) is 18.2 Å². The van der Waals surface area contributed by atoms with Gasteiger partial charge in [0.05, 0.1) is 4.08 Å². The van der Waals surface area contributed by atoms with Gasteiger partial charge in [-0.3, -0.25) is 0 Å². The van der Waals surface area contributed by atoms with Crippen molar-refractivity contribution in [2.45, 2.75) is 45.7 Å². The number of aliphatic hydroxyl groups is 1. The first kappa shape index (κ1) is 16.7. The zero-order valence-corrected chi connectivity index (χ0v) is 14.9. The van der Waals surface area contributed by atoms with Gasteiger partial charge in [0, 0.05) is 9.79 Å². The smallest absolute Gasteiger partial charge is 0.107 e. The van der Waals surface area contributed by atoms with Crippen LogP contribution in [0.3, 0.4) is 0 Å². The van der Waals surface area contributed by atoms with Gasteiger partial charge in [0.15, 0.2) is 0 Å². The second-order valence-electron chi connectivity index (χ2n) is 5.99. The van der Waals surface area contributed by atoms with E-state index in [9.17, 15) is 5.11 Å². The van der Waals surface area contributed by atoms with E-state index in [1.165, 1.54) is 9.79 Å². The Bertz CT molecular complexity index is 612. The van der Waals surface area contributed by atoms with Crippen LogP contribution in [0.5, 0.6) is 0 Å². The molecule has 0 amide bonds. The molecule has 3 rings (SSSR count). The summed E-state index contributed by atoms with van der Waals surface area (Å²) >= 11 is 3.51. The predicted molar refractivity (Wildman–Crippen MR) is 101 cm³/mol. The first-order valence-electron chi connectivity index (χ1n) is 8.00. The fraction of sp³-hybridized carbons (Fsp3) is 0.300. The first-order valence-corrected chi connectivity index (χ1v) is 9.63. The van der Waals surface area contributed by atoms with E-state index in [0.29, 0.717) is 0 Å². The Labute approximate surface area is 147 Å². The number of thioether (sulfide) groups is 2. The third kappa shape index (κ3) is 3.85. The fourth-order valence-corrected chi connectivity index (χ4v) is 5.78. The SMILES string of the molecule is CC(Sc1ccccc1)(Sc1ccccc1)C1(O)C=CCCC1. The van der Waals surface area contributed by atoms with Gasteiger partial charge in [-0.05, 0) is 50.5 Å². The molecular formula is C20H22OS2. The second kappa shape index (κ2) is 7.16. The van der Waals surface area contributed by atoms with Gasteiger partial charge in [0.2, 0.25) is 0 Å². The number of rotatable bonds is 5. The minimum absolute atomic E-state index is 0.382. The van der Waals surface area contributed by atoms with Crippen molar-refractivity contribution in [1.29, 1.82) is 0 Å². The van der Waals surface area contributed by atoms with Crippen molar-refractivity contribution in [2.75, 3.05) is 0 Å². The normalized spacial score (nSPS) is 21.3. The Morgan fingerprint density at radius 1 is 0.913 bits per heavy atom. The lowest BCUT2D eigenvalue weighted by atomic mass is 9.88. The first-order chi connectivity index (χ1) is 11.1. The highest BCUT2D eigenvalue weighted by Gasteiger charge is 2.47. The van der Waals surface area contributed by atoms with Crippen LogP contribution in [0.2, 0.25) is 0 Å². The zero-order chi connectivity index (χ0) is 16.2. The third-order valence-electron chi connectivity index (χ3n) is 4.22. The van der Waals surface area contributed by atoms with E-state index in [2.05, 4.69) is 61.5 Å². The monoisotopic (exact) mass is 342 g/mol. The highest BCUT2D eigenvalue weighted by molar-refractivity contribution is 8.18. The van der Waals surface area contributed by atoms with Gasteiger partial charge in [0.1, 0.15) is 5.60 Å². The number of hydrogen-bond acceptors (Lipinski definition) is 3. The van der Waals surface area contributed by atoms with Gasteiger partial charge in [-0.1, -0.05) is 48.6 Å². The zero-order valence-electron chi connectivity index (χ0n) is 13.3. The number of hydrogen-bond donors (Lipinski definition) is 1. The molecule has 120 valence electrons. The van der Waals surface area contributed by atoms with Gasteiger partial charge >= 0.3 is 0 Å². The summed E-state index contributed by atoms with van der Waals surface area (Å²) < 4.78 is -0.382. The van der Waals surface area contributed by atoms with Crippen LogP contribution in [-0.2, 0) is 0 Å². The maximum Gasteiger partial charge on any atom is 0.107 e. The van der Waals surface area contributed by atoms with Crippen molar-refractivity contribution in [3.8, 4) is 0 Å². The van der Waals surface area contributed by atoms with Crippen LogP contribution in [0.4, 0.5) is 0 Å². The summed E-state index contributed by atoms with van der Waals surface area (Å²) in [6, 6.07) is 20.7. The molecule has 0 saturated carbocycles. The lowest BCUT2D eigenvalue weighted by molar-refractivity contribution is 0.0669. The van der Waals surface area contributed by atoms with Crippen molar-refractivity contribution in [3.05, 3.63) is 72.8 Å². The van der Waals surface area contributed by atoms with E-state index in [1.54, 1.807) is 23.5 Å². The summed E-state index contributed by atoms with van der Waals surface area (Å²) in [6.07, 6.45) is 7.04. The molecule has 1 nitrogen and oxygen atoms in total. The largest absolute Gasteiger partial charge is 0.383 e. The molecule has 3 heteroatoms. The molecule has 1 atom stereocenters. The van der Waals surface area contributed by atoms with E-state index in [0.717, 1.165) is 19.3 Å². The average molecular weight is 343 g/mol. The van der Waals surface area contributed by atoms with Crippen LogP contribution in [-0.4, -0.2) is 14.8 Å². The number of benzene rings is 2. The molecule has 0 aromatic heterocycles. The average Bonchev–Trinajstić information content (AvgIpc) is 2.57. The van der Waals surface area contributed by atoms with E-state index in [-0.39, 0.29) is 4.08 Å². The lowest BCUT2D eigenvalue weighted by Gasteiger charge is -2.43. The molecule has 1 N–H and O–H groups in total. The fourth-order valence-electron chi connectivity index (χ4n) is 2.85. The quantitative estimate of drug-likeness (QED) is 0.424. The van der Waals surface area contributed by atoms with Crippen molar-refractivity contribution >= 4 is 23.5 Å². The minimum Gasteiger partial charge on any atom is -0.383 e. The van der Waals surface area contributed by atoms with Crippen molar-refractivity contribution in [3.63, 3.8) is 0 Å². The molecule has 1 aliphatic rings. The molecule has 0 aliphatic heterocycles. The third-order valence-corrected chi connectivity index (χ3v) is 7.22. The van der Waals surface area contributed by atoms with Crippen molar-refractivity contribution < 1.29 is 5.11 Å². The van der Waals surface area contributed by atoms with Crippen molar-refractivity contribution in [1.82, 2.24) is 0 Å².